The van der Waals surface area contributed by atoms with E-state index in [1.807, 2.05) is 30.3 Å². The van der Waals surface area contributed by atoms with E-state index in [9.17, 15) is 4.39 Å². The van der Waals surface area contributed by atoms with Crippen molar-refractivity contribution in [1.82, 2.24) is 24.6 Å². The number of hydrogen-bond donors (Lipinski definition) is 1. The van der Waals surface area contributed by atoms with Crippen molar-refractivity contribution < 1.29 is 13.9 Å². The number of hydrogen-bond acceptors (Lipinski definition) is 8. The summed E-state index contributed by atoms with van der Waals surface area (Å²) in [6.07, 6.45) is 0. The largest absolute Gasteiger partial charge is 0.497 e. The Morgan fingerprint density at radius 1 is 1.00 bits per heavy atom. The molecule has 0 saturated carbocycles. The molecule has 5 rings (SSSR count). The minimum atomic E-state index is -0.344. The number of nitrogens with zero attached hydrogens (tertiary/aromatic N) is 6. The number of halogens is 1. The van der Waals surface area contributed by atoms with Crippen molar-refractivity contribution in [2.24, 2.45) is 0 Å². The van der Waals surface area contributed by atoms with Crippen molar-refractivity contribution in [3.8, 4) is 22.7 Å². The number of piperazine rings is 1. The van der Waals surface area contributed by atoms with E-state index in [4.69, 9.17) is 30.3 Å². The van der Waals surface area contributed by atoms with Crippen LogP contribution in [0.25, 0.3) is 28.0 Å². The second-order valence-electron chi connectivity index (χ2n) is 8.40. The van der Waals surface area contributed by atoms with Gasteiger partial charge in [-0.2, -0.15) is 4.98 Å². The Kier molecular flexibility index (Phi) is 6.47. The third-order valence-electron chi connectivity index (χ3n) is 6.24. The minimum absolute atomic E-state index is 0.344. The maximum Gasteiger partial charge on any atom is 0.228 e. The molecule has 2 aromatic heterocycles. The molecular formula is C25H28FN7O2. The van der Waals surface area contributed by atoms with Crippen molar-refractivity contribution in [2.45, 2.75) is 0 Å². The summed E-state index contributed by atoms with van der Waals surface area (Å²) >= 11 is 0. The normalized spacial score (nSPS) is 14.5. The molecule has 9 nitrogen and oxygen atoms in total. The second kappa shape index (κ2) is 9.85. The summed E-state index contributed by atoms with van der Waals surface area (Å²) in [7, 11) is 3.33. The van der Waals surface area contributed by atoms with E-state index in [1.54, 1.807) is 25.0 Å². The Morgan fingerprint density at radius 2 is 1.77 bits per heavy atom. The number of aromatic nitrogens is 4. The highest BCUT2D eigenvalue weighted by atomic mass is 19.1. The first kappa shape index (κ1) is 23.0. The Balaban J connectivity index is 1.58. The topological polar surface area (TPSA) is 94.6 Å². The molecule has 0 amide bonds. The average molecular weight is 478 g/mol. The van der Waals surface area contributed by atoms with E-state index in [0.717, 1.165) is 44.2 Å². The highest BCUT2D eigenvalue weighted by Crippen LogP contribution is 2.34. The second-order valence-corrected chi connectivity index (χ2v) is 8.40. The van der Waals surface area contributed by atoms with Gasteiger partial charge in [-0.1, -0.05) is 12.1 Å². The van der Waals surface area contributed by atoms with Crippen molar-refractivity contribution in [2.75, 3.05) is 64.2 Å². The predicted octanol–water partition coefficient (Wildman–Crippen LogP) is 2.98. The molecule has 0 radical (unpaired) electrons. The van der Waals surface area contributed by atoms with Gasteiger partial charge in [-0.15, -0.1) is 5.10 Å². The predicted molar refractivity (Wildman–Crippen MR) is 134 cm³/mol. The fourth-order valence-corrected chi connectivity index (χ4v) is 4.30. The van der Waals surface area contributed by atoms with Crippen LogP contribution in [0.3, 0.4) is 0 Å². The first-order valence-electron chi connectivity index (χ1n) is 11.5. The van der Waals surface area contributed by atoms with Crippen LogP contribution in [-0.4, -0.2) is 78.2 Å². The number of benzene rings is 2. The smallest absolute Gasteiger partial charge is 0.228 e. The van der Waals surface area contributed by atoms with Crippen LogP contribution < -0.4 is 15.4 Å². The van der Waals surface area contributed by atoms with Gasteiger partial charge in [0.15, 0.2) is 5.65 Å². The molecule has 0 unspecified atom stereocenters. The fourth-order valence-electron chi connectivity index (χ4n) is 4.30. The lowest BCUT2D eigenvalue weighted by Gasteiger charge is -2.34. The highest BCUT2D eigenvalue weighted by Gasteiger charge is 2.24. The lowest BCUT2D eigenvalue weighted by Crippen LogP contribution is -2.47. The molecule has 1 fully saturated rings. The quantitative estimate of drug-likeness (QED) is 0.434. The molecule has 182 valence electrons. The third kappa shape index (κ3) is 4.62. The maximum absolute atomic E-state index is 14.2. The van der Waals surface area contributed by atoms with Crippen LogP contribution in [0.1, 0.15) is 0 Å². The molecule has 1 saturated heterocycles. The van der Waals surface area contributed by atoms with E-state index in [-0.39, 0.29) is 5.82 Å². The lowest BCUT2D eigenvalue weighted by atomic mass is 10.1. The van der Waals surface area contributed by atoms with Crippen molar-refractivity contribution >= 4 is 22.8 Å². The van der Waals surface area contributed by atoms with Gasteiger partial charge in [0, 0.05) is 45.4 Å². The molecule has 0 aliphatic carbocycles. The number of ether oxygens (including phenoxy) is 2. The third-order valence-corrected chi connectivity index (χ3v) is 6.24. The van der Waals surface area contributed by atoms with E-state index >= 15 is 0 Å². The van der Waals surface area contributed by atoms with Gasteiger partial charge >= 0.3 is 0 Å². The molecule has 10 heteroatoms. The summed E-state index contributed by atoms with van der Waals surface area (Å²) < 4.78 is 26.3. The van der Waals surface area contributed by atoms with Crippen molar-refractivity contribution in [3.05, 3.63) is 54.3 Å². The summed E-state index contributed by atoms with van der Waals surface area (Å²) in [6.45, 7) is 4.89. The Bertz CT molecular complexity index is 1320. The number of fused-ring (bicyclic) bond motifs is 1. The van der Waals surface area contributed by atoms with E-state index < -0.39 is 0 Å². The summed E-state index contributed by atoms with van der Waals surface area (Å²) in [5.41, 5.74) is 8.98. The molecule has 1 aliphatic rings. The zero-order valence-electron chi connectivity index (χ0n) is 19.8. The van der Waals surface area contributed by atoms with Gasteiger partial charge in [0.05, 0.1) is 30.5 Å². The maximum atomic E-state index is 14.2. The summed E-state index contributed by atoms with van der Waals surface area (Å²) in [4.78, 5) is 14.1. The molecule has 35 heavy (non-hydrogen) atoms. The Morgan fingerprint density at radius 3 is 2.46 bits per heavy atom. The number of methoxy groups -OCH3 is 2. The number of anilines is 2. The van der Waals surface area contributed by atoms with Crippen LogP contribution in [0.5, 0.6) is 5.75 Å². The molecular weight excluding hydrogens is 449 g/mol. The molecule has 3 heterocycles. The molecule has 1 aliphatic heterocycles. The van der Waals surface area contributed by atoms with Crippen LogP contribution in [0.15, 0.2) is 48.5 Å². The summed E-state index contributed by atoms with van der Waals surface area (Å²) in [6, 6.07) is 13.8. The molecule has 0 atom stereocenters. The van der Waals surface area contributed by atoms with Gasteiger partial charge in [-0.25, -0.2) is 14.1 Å². The highest BCUT2D eigenvalue weighted by molar-refractivity contribution is 5.99. The van der Waals surface area contributed by atoms with Crippen LogP contribution >= 0.6 is 0 Å². The van der Waals surface area contributed by atoms with Gasteiger partial charge in [0.2, 0.25) is 5.95 Å². The van der Waals surface area contributed by atoms with Gasteiger partial charge in [0.25, 0.3) is 0 Å². The first-order chi connectivity index (χ1) is 17.1. The van der Waals surface area contributed by atoms with Gasteiger partial charge in [-0.05, 0) is 36.4 Å². The molecule has 2 N–H and O–H groups in total. The first-order valence-corrected chi connectivity index (χ1v) is 11.5. The van der Waals surface area contributed by atoms with Crippen LogP contribution in [-0.2, 0) is 4.74 Å². The molecule has 4 aromatic rings. The van der Waals surface area contributed by atoms with Crippen LogP contribution in [0, 0.1) is 5.82 Å². The van der Waals surface area contributed by atoms with E-state index in [0.29, 0.717) is 40.7 Å². The van der Waals surface area contributed by atoms with Crippen LogP contribution in [0.4, 0.5) is 16.2 Å². The Hall–Kier alpha value is -3.76. The van der Waals surface area contributed by atoms with Crippen molar-refractivity contribution in [3.63, 3.8) is 0 Å². The zero-order chi connectivity index (χ0) is 24.4. The average Bonchev–Trinajstić information content (AvgIpc) is 3.23. The summed E-state index contributed by atoms with van der Waals surface area (Å²) in [5.74, 6) is 1.34. The SMILES string of the molecule is COCCN1CCN(c2nc(-c3cccc(F)c3)c3c(N)n(-c4ccc(OC)cc4)nc3n2)CC1. The van der Waals surface area contributed by atoms with Crippen molar-refractivity contribution in [1.29, 1.82) is 0 Å². The van der Waals surface area contributed by atoms with Crippen LogP contribution in [0.2, 0.25) is 0 Å². The van der Waals surface area contributed by atoms with E-state index in [2.05, 4.69) is 9.80 Å². The molecule has 0 spiro atoms. The molecule has 0 bridgehead atoms. The lowest BCUT2D eigenvalue weighted by molar-refractivity contribution is 0.144. The zero-order valence-corrected chi connectivity index (χ0v) is 19.8. The fraction of sp³-hybridized carbons (Fsp3) is 0.320. The van der Waals surface area contributed by atoms with Gasteiger partial charge < -0.3 is 20.1 Å². The van der Waals surface area contributed by atoms with Gasteiger partial charge in [-0.3, -0.25) is 4.90 Å². The monoisotopic (exact) mass is 477 g/mol. The molecule has 2 aromatic carbocycles. The standard InChI is InChI=1S/C25H28FN7O2/c1-34-15-14-31-10-12-32(13-11-31)25-28-22(17-4-3-5-18(26)16-17)21-23(27)33(30-24(21)29-25)19-6-8-20(35-2)9-7-19/h3-9,16H,10-15,27H2,1-2H3. The number of rotatable bonds is 7. The number of nitrogen functional groups attached to an aromatic ring is 1. The van der Waals surface area contributed by atoms with E-state index in [1.165, 1.54) is 12.1 Å². The Labute approximate surface area is 202 Å². The van der Waals surface area contributed by atoms with Gasteiger partial charge in [0.1, 0.15) is 17.4 Å². The number of nitrogens with two attached hydrogens (primary N) is 1. The minimum Gasteiger partial charge on any atom is -0.497 e. The summed E-state index contributed by atoms with van der Waals surface area (Å²) in [5, 5.41) is 5.30.